The van der Waals surface area contributed by atoms with Gasteiger partial charge < -0.3 is 0 Å². The molecule has 0 unspecified atom stereocenters. The zero-order chi connectivity index (χ0) is 19.4. The highest BCUT2D eigenvalue weighted by Crippen LogP contribution is 2.36. The Labute approximate surface area is 167 Å². The van der Waals surface area contributed by atoms with Crippen LogP contribution < -0.4 is 0 Å². The van der Waals surface area contributed by atoms with E-state index >= 15 is 0 Å². The number of hydrogen-bond donors (Lipinski definition) is 0. The van der Waals surface area contributed by atoms with Gasteiger partial charge in [-0.15, -0.1) is 22.7 Å². The standard InChI is InChI=1S/C22H10O4S2/c23-19-13-9-15-16(22(26)18(21(15)25)8-12-4-2-6-28-12)10-14(13)20(24)17(19)7-11-3-1-5-27-11/h1-10H. The summed E-state index contributed by atoms with van der Waals surface area (Å²) in [5, 5.41) is 3.72. The number of rotatable bonds is 2. The van der Waals surface area contributed by atoms with Gasteiger partial charge in [-0.2, -0.15) is 0 Å². The van der Waals surface area contributed by atoms with Crippen molar-refractivity contribution in [2.45, 2.75) is 0 Å². The second-order valence-electron chi connectivity index (χ2n) is 6.41. The van der Waals surface area contributed by atoms with Crippen molar-refractivity contribution in [1.82, 2.24) is 0 Å². The van der Waals surface area contributed by atoms with Crippen LogP contribution in [0.4, 0.5) is 0 Å². The first-order chi connectivity index (χ1) is 13.5. The summed E-state index contributed by atoms with van der Waals surface area (Å²) in [5.41, 5.74) is 0.871. The van der Waals surface area contributed by atoms with E-state index in [1.165, 1.54) is 34.8 Å². The number of ketones is 4. The molecule has 134 valence electrons. The lowest BCUT2D eigenvalue weighted by atomic mass is 10.0. The van der Waals surface area contributed by atoms with Gasteiger partial charge in [-0.25, -0.2) is 0 Å². The minimum absolute atomic E-state index is 0.0652. The molecule has 0 amide bonds. The van der Waals surface area contributed by atoms with Crippen LogP contribution in [0, 0.1) is 0 Å². The monoisotopic (exact) mass is 402 g/mol. The van der Waals surface area contributed by atoms with Gasteiger partial charge in [0.15, 0.2) is 23.1 Å². The fraction of sp³-hybridized carbons (Fsp3) is 0. The molecule has 0 saturated carbocycles. The number of hydrogen-bond acceptors (Lipinski definition) is 6. The Morgan fingerprint density at radius 2 is 0.929 bits per heavy atom. The maximum Gasteiger partial charge on any atom is 0.197 e. The number of Topliss-reactive ketones (excluding diaryl/α,β-unsaturated/α-hetero) is 4. The third kappa shape index (κ3) is 2.42. The van der Waals surface area contributed by atoms with E-state index in [1.807, 2.05) is 35.0 Å². The predicted molar refractivity (Wildman–Crippen MR) is 108 cm³/mol. The van der Waals surface area contributed by atoms with Crippen molar-refractivity contribution in [2.24, 2.45) is 0 Å². The molecule has 4 nitrogen and oxygen atoms in total. The molecular weight excluding hydrogens is 392 g/mol. The molecule has 6 heteroatoms. The van der Waals surface area contributed by atoms with E-state index in [4.69, 9.17) is 0 Å². The molecule has 0 saturated heterocycles. The van der Waals surface area contributed by atoms with Crippen LogP contribution in [-0.4, -0.2) is 23.1 Å². The number of carbonyl (C=O) groups excluding carboxylic acids is 4. The molecule has 2 aromatic heterocycles. The van der Waals surface area contributed by atoms with E-state index in [0.717, 1.165) is 9.75 Å². The van der Waals surface area contributed by atoms with Gasteiger partial charge in [0.05, 0.1) is 11.1 Å². The number of carbonyl (C=O) groups is 4. The van der Waals surface area contributed by atoms with Crippen molar-refractivity contribution in [2.75, 3.05) is 0 Å². The van der Waals surface area contributed by atoms with Gasteiger partial charge in [0, 0.05) is 32.0 Å². The lowest BCUT2D eigenvalue weighted by molar-refractivity contribution is 0.0978. The van der Waals surface area contributed by atoms with Crippen LogP contribution in [0.15, 0.2) is 58.3 Å². The average Bonchev–Trinajstić information content (AvgIpc) is 3.47. The molecule has 1 aromatic carbocycles. The summed E-state index contributed by atoms with van der Waals surface area (Å²) in [6.45, 7) is 0. The normalized spacial score (nSPS) is 15.3. The molecule has 0 radical (unpaired) electrons. The Bertz CT molecular complexity index is 1100. The molecule has 5 rings (SSSR count). The van der Waals surface area contributed by atoms with Crippen molar-refractivity contribution in [3.8, 4) is 0 Å². The summed E-state index contributed by atoms with van der Waals surface area (Å²) in [7, 11) is 0. The summed E-state index contributed by atoms with van der Waals surface area (Å²) >= 11 is 2.84. The summed E-state index contributed by atoms with van der Waals surface area (Å²) in [6.07, 6.45) is 3.12. The second kappa shape index (κ2) is 6.15. The summed E-state index contributed by atoms with van der Waals surface area (Å²) < 4.78 is 0. The van der Waals surface area contributed by atoms with Crippen LogP contribution in [0.3, 0.4) is 0 Å². The van der Waals surface area contributed by atoms with Crippen molar-refractivity contribution >= 4 is 58.0 Å². The molecule has 3 aromatic rings. The third-order valence-corrected chi connectivity index (χ3v) is 6.41. The van der Waals surface area contributed by atoms with Gasteiger partial charge in [-0.05, 0) is 47.2 Å². The van der Waals surface area contributed by atoms with Crippen molar-refractivity contribution < 1.29 is 19.2 Å². The van der Waals surface area contributed by atoms with E-state index in [-0.39, 0.29) is 33.4 Å². The molecule has 0 N–H and O–H groups in total. The van der Waals surface area contributed by atoms with E-state index in [0.29, 0.717) is 0 Å². The lowest BCUT2D eigenvalue weighted by Gasteiger charge is -1.99. The van der Waals surface area contributed by atoms with Crippen LogP contribution in [-0.2, 0) is 0 Å². The van der Waals surface area contributed by atoms with Gasteiger partial charge in [0.2, 0.25) is 0 Å². The van der Waals surface area contributed by atoms with Crippen LogP contribution in [0.25, 0.3) is 12.2 Å². The Kier molecular flexibility index (Phi) is 3.72. The predicted octanol–water partition coefficient (Wildman–Crippen LogP) is 4.73. The van der Waals surface area contributed by atoms with E-state index in [2.05, 4.69) is 0 Å². The average molecular weight is 402 g/mol. The quantitative estimate of drug-likeness (QED) is 0.459. The summed E-state index contributed by atoms with van der Waals surface area (Å²) in [6, 6.07) is 10.1. The Balaban J connectivity index is 1.61. The smallest absolute Gasteiger partial charge is 0.197 e. The summed E-state index contributed by atoms with van der Waals surface area (Å²) in [4.78, 5) is 52.7. The molecule has 0 atom stereocenters. The molecule has 2 aliphatic carbocycles. The SMILES string of the molecule is O=C1C(=Cc2cccs2)C(=O)c2cc3c(cc21)C(=O)C(=Cc1cccs1)C3=O. The lowest BCUT2D eigenvalue weighted by Crippen LogP contribution is -2.01. The minimum Gasteiger partial charge on any atom is -0.288 e. The molecule has 0 aliphatic heterocycles. The largest absolute Gasteiger partial charge is 0.288 e. The maximum absolute atomic E-state index is 12.8. The second-order valence-corrected chi connectivity index (χ2v) is 8.37. The molecule has 2 aliphatic rings. The van der Waals surface area contributed by atoms with Gasteiger partial charge >= 0.3 is 0 Å². The third-order valence-electron chi connectivity index (χ3n) is 4.77. The van der Waals surface area contributed by atoms with Gasteiger partial charge in [0.25, 0.3) is 0 Å². The molecule has 0 fully saturated rings. The van der Waals surface area contributed by atoms with Crippen molar-refractivity contribution in [1.29, 1.82) is 0 Å². The van der Waals surface area contributed by atoms with Crippen LogP contribution in [0.2, 0.25) is 0 Å². The summed E-state index contributed by atoms with van der Waals surface area (Å²) in [5.74, 6) is -1.64. The van der Waals surface area contributed by atoms with Gasteiger partial charge in [0.1, 0.15) is 0 Å². The van der Waals surface area contributed by atoms with E-state index < -0.39 is 23.1 Å². The van der Waals surface area contributed by atoms with Crippen LogP contribution >= 0.6 is 22.7 Å². The topological polar surface area (TPSA) is 68.3 Å². The Morgan fingerprint density at radius 3 is 1.21 bits per heavy atom. The van der Waals surface area contributed by atoms with Crippen LogP contribution in [0.1, 0.15) is 51.2 Å². The van der Waals surface area contributed by atoms with E-state index in [9.17, 15) is 19.2 Å². The zero-order valence-electron chi connectivity index (χ0n) is 14.2. The van der Waals surface area contributed by atoms with Gasteiger partial charge in [-0.1, -0.05) is 12.1 Å². The molecule has 0 spiro atoms. The van der Waals surface area contributed by atoms with Gasteiger partial charge in [-0.3, -0.25) is 19.2 Å². The highest BCUT2D eigenvalue weighted by Gasteiger charge is 2.40. The minimum atomic E-state index is -0.410. The molecule has 0 bridgehead atoms. The first-order valence-corrected chi connectivity index (χ1v) is 10.2. The zero-order valence-corrected chi connectivity index (χ0v) is 15.9. The van der Waals surface area contributed by atoms with Crippen LogP contribution in [0.5, 0.6) is 0 Å². The Hall–Kier alpha value is -3.22. The number of allylic oxidation sites excluding steroid dienone is 2. The fourth-order valence-electron chi connectivity index (χ4n) is 3.43. The molecule has 2 heterocycles. The number of fused-ring (bicyclic) bond motifs is 2. The first-order valence-electron chi connectivity index (χ1n) is 8.42. The first kappa shape index (κ1) is 16.9. The number of benzene rings is 1. The van der Waals surface area contributed by atoms with Crippen molar-refractivity contribution in [3.05, 3.63) is 90.3 Å². The highest BCUT2D eigenvalue weighted by atomic mass is 32.1. The fourth-order valence-corrected chi connectivity index (χ4v) is 4.75. The maximum atomic E-state index is 12.8. The molecular formula is C22H10O4S2. The van der Waals surface area contributed by atoms with Crippen molar-refractivity contribution in [3.63, 3.8) is 0 Å². The molecule has 28 heavy (non-hydrogen) atoms. The Morgan fingerprint density at radius 1 is 0.571 bits per heavy atom. The van der Waals surface area contributed by atoms with E-state index in [1.54, 1.807) is 12.2 Å². The number of thiophene rings is 2. The highest BCUT2D eigenvalue weighted by molar-refractivity contribution is 7.11.